The standard InChI is InChI=1S/C46H86N2O6/c1-5-9-11-13-15-17-19-21-23-25-27-29-31-33-35-37-44(49)52-41-43(42-53-46(51)47-39-40-48(7-3)8-4)54-45(50)38-36-34-32-30-28-26-24-22-20-18-16-14-12-10-6-2/h21-24,43H,5-20,25-42H2,1-4H3,(H,47,51)/b23-21+,24-22+. The summed E-state index contributed by atoms with van der Waals surface area (Å²) in [4.78, 5) is 39.7. The van der Waals surface area contributed by atoms with E-state index in [1.807, 2.05) is 0 Å². The summed E-state index contributed by atoms with van der Waals surface area (Å²) in [7, 11) is 0. The normalized spacial score (nSPS) is 12.2. The zero-order chi connectivity index (χ0) is 39.6. The van der Waals surface area contributed by atoms with Gasteiger partial charge in [-0.2, -0.15) is 0 Å². The average Bonchev–Trinajstić information content (AvgIpc) is 3.17. The molecular formula is C46H86N2O6. The minimum absolute atomic E-state index is 0.116. The van der Waals surface area contributed by atoms with E-state index in [0.717, 1.165) is 77.4 Å². The van der Waals surface area contributed by atoms with E-state index >= 15 is 0 Å². The van der Waals surface area contributed by atoms with Crippen LogP contribution in [0.25, 0.3) is 0 Å². The number of ether oxygens (including phenoxy) is 3. The molecule has 0 aromatic carbocycles. The zero-order valence-electron chi connectivity index (χ0n) is 35.8. The summed E-state index contributed by atoms with van der Waals surface area (Å²) < 4.78 is 16.5. The van der Waals surface area contributed by atoms with Crippen LogP contribution in [0.2, 0.25) is 0 Å². The number of nitrogens with zero attached hydrogens (tertiary/aromatic N) is 1. The number of amides is 1. The Balaban J connectivity index is 4.31. The highest BCUT2D eigenvalue weighted by atomic mass is 16.6. The van der Waals surface area contributed by atoms with E-state index in [9.17, 15) is 14.4 Å². The van der Waals surface area contributed by atoms with Gasteiger partial charge in [-0.3, -0.25) is 9.59 Å². The Morgan fingerprint density at radius 3 is 1.33 bits per heavy atom. The number of esters is 2. The van der Waals surface area contributed by atoms with Gasteiger partial charge in [0, 0.05) is 25.9 Å². The largest absolute Gasteiger partial charge is 0.462 e. The predicted molar refractivity (Wildman–Crippen MR) is 227 cm³/mol. The Bertz CT molecular complexity index is 904. The molecule has 0 fully saturated rings. The van der Waals surface area contributed by atoms with Gasteiger partial charge in [-0.15, -0.1) is 0 Å². The highest BCUT2D eigenvalue weighted by Crippen LogP contribution is 2.13. The van der Waals surface area contributed by atoms with Gasteiger partial charge in [0.1, 0.15) is 13.2 Å². The van der Waals surface area contributed by atoms with Crippen LogP contribution in [0.4, 0.5) is 4.79 Å². The summed E-state index contributed by atoms with van der Waals surface area (Å²) in [6.07, 6.45) is 39.7. The summed E-state index contributed by atoms with van der Waals surface area (Å²) >= 11 is 0. The average molecular weight is 763 g/mol. The molecule has 0 spiro atoms. The van der Waals surface area contributed by atoms with Crippen LogP contribution in [0.1, 0.15) is 207 Å². The first-order valence-corrected chi connectivity index (χ1v) is 22.7. The molecule has 8 heteroatoms. The summed E-state index contributed by atoms with van der Waals surface area (Å²) in [6, 6.07) is 0. The second kappa shape index (κ2) is 41.8. The van der Waals surface area contributed by atoms with Gasteiger partial charge in [-0.25, -0.2) is 4.79 Å². The van der Waals surface area contributed by atoms with Gasteiger partial charge < -0.3 is 24.4 Å². The van der Waals surface area contributed by atoms with Gasteiger partial charge in [0.25, 0.3) is 0 Å². The Morgan fingerprint density at radius 1 is 0.500 bits per heavy atom. The molecule has 316 valence electrons. The third-order valence-corrected chi connectivity index (χ3v) is 10.0. The van der Waals surface area contributed by atoms with E-state index < -0.39 is 12.2 Å². The van der Waals surface area contributed by atoms with Gasteiger partial charge in [-0.1, -0.05) is 155 Å². The number of allylic oxidation sites excluding steroid dienone is 4. The van der Waals surface area contributed by atoms with E-state index in [4.69, 9.17) is 14.2 Å². The molecule has 1 unspecified atom stereocenters. The summed E-state index contributed by atoms with van der Waals surface area (Å²) in [5.41, 5.74) is 0. The fourth-order valence-corrected chi connectivity index (χ4v) is 6.37. The molecule has 1 amide bonds. The molecule has 0 saturated heterocycles. The Hall–Kier alpha value is -2.35. The van der Waals surface area contributed by atoms with Crippen molar-refractivity contribution in [2.24, 2.45) is 0 Å². The highest BCUT2D eigenvalue weighted by molar-refractivity contribution is 5.70. The van der Waals surface area contributed by atoms with Crippen molar-refractivity contribution in [1.29, 1.82) is 0 Å². The Labute approximate surface area is 333 Å². The van der Waals surface area contributed by atoms with Crippen molar-refractivity contribution in [1.82, 2.24) is 10.2 Å². The molecule has 0 aromatic heterocycles. The van der Waals surface area contributed by atoms with Crippen LogP contribution in [-0.4, -0.2) is 68.4 Å². The minimum Gasteiger partial charge on any atom is -0.462 e. The fraction of sp³-hybridized carbons (Fsp3) is 0.848. The lowest BCUT2D eigenvalue weighted by Gasteiger charge is -2.20. The molecule has 0 heterocycles. The molecule has 0 aliphatic rings. The first-order valence-electron chi connectivity index (χ1n) is 22.7. The summed E-state index contributed by atoms with van der Waals surface area (Å²) in [6.45, 7) is 11.4. The van der Waals surface area contributed by atoms with Crippen molar-refractivity contribution in [3.63, 3.8) is 0 Å². The van der Waals surface area contributed by atoms with Crippen LogP contribution >= 0.6 is 0 Å². The third-order valence-electron chi connectivity index (χ3n) is 10.0. The van der Waals surface area contributed by atoms with E-state index in [1.54, 1.807) is 0 Å². The van der Waals surface area contributed by atoms with E-state index in [1.165, 1.54) is 109 Å². The number of likely N-dealkylation sites (N-methyl/N-ethyl adjacent to an activating group) is 1. The summed E-state index contributed by atoms with van der Waals surface area (Å²) in [5.74, 6) is -0.661. The predicted octanol–water partition coefficient (Wildman–Crippen LogP) is 12.6. The first-order chi connectivity index (χ1) is 26.5. The maximum Gasteiger partial charge on any atom is 0.407 e. The number of unbranched alkanes of at least 4 members (excludes halogenated alkanes) is 22. The SMILES string of the molecule is CCCCCCCC/C=C/CCCCCCCC(=O)OCC(COC(=O)NCCN(CC)CC)OC(=O)CCCCCCC/C=C/CCCCCCCC. The van der Waals surface area contributed by atoms with Gasteiger partial charge in [0.2, 0.25) is 0 Å². The van der Waals surface area contributed by atoms with Crippen LogP contribution < -0.4 is 5.32 Å². The molecule has 0 aliphatic heterocycles. The molecule has 0 radical (unpaired) electrons. The number of hydrogen-bond acceptors (Lipinski definition) is 7. The number of alkyl carbamates (subject to hydrolysis) is 1. The van der Waals surface area contributed by atoms with Crippen LogP contribution in [0.3, 0.4) is 0 Å². The zero-order valence-corrected chi connectivity index (χ0v) is 35.8. The van der Waals surface area contributed by atoms with Gasteiger partial charge in [-0.05, 0) is 77.3 Å². The second-order valence-corrected chi connectivity index (χ2v) is 15.0. The van der Waals surface area contributed by atoms with Crippen molar-refractivity contribution in [2.75, 3.05) is 39.4 Å². The fourth-order valence-electron chi connectivity index (χ4n) is 6.37. The second-order valence-electron chi connectivity index (χ2n) is 15.0. The van der Waals surface area contributed by atoms with Crippen LogP contribution in [0.15, 0.2) is 24.3 Å². The number of rotatable bonds is 40. The molecule has 0 bridgehead atoms. The molecule has 0 aromatic rings. The molecule has 0 aliphatic carbocycles. The van der Waals surface area contributed by atoms with Crippen LogP contribution in [0, 0.1) is 0 Å². The van der Waals surface area contributed by atoms with Crippen LogP contribution in [0.5, 0.6) is 0 Å². The lowest BCUT2D eigenvalue weighted by Crippen LogP contribution is -2.37. The van der Waals surface area contributed by atoms with Crippen molar-refractivity contribution >= 4 is 18.0 Å². The molecule has 8 nitrogen and oxygen atoms in total. The third kappa shape index (κ3) is 37.9. The maximum absolute atomic E-state index is 12.7. The molecule has 0 rings (SSSR count). The van der Waals surface area contributed by atoms with Crippen LogP contribution in [-0.2, 0) is 23.8 Å². The quantitative estimate of drug-likeness (QED) is 0.0287. The number of hydrogen-bond donors (Lipinski definition) is 1. The Kier molecular flexibility index (Phi) is 40.0. The van der Waals surface area contributed by atoms with Crippen molar-refractivity contribution in [2.45, 2.75) is 214 Å². The van der Waals surface area contributed by atoms with Gasteiger partial charge in [0.05, 0.1) is 0 Å². The van der Waals surface area contributed by atoms with Gasteiger partial charge >= 0.3 is 18.0 Å². The van der Waals surface area contributed by atoms with E-state index in [0.29, 0.717) is 19.4 Å². The smallest absolute Gasteiger partial charge is 0.407 e. The molecular weight excluding hydrogens is 677 g/mol. The minimum atomic E-state index is -0.827. The first kappa shape index (κ1) is 51.6. The number of carbonyl (C=O) groups is 3. The number of carbonyl (C=O) groups excluding carboxylic acids is 3. The van der Waals surface area contributed by atoms with Crippen molar-refractivity contribution < 1.29 is 28.6 Å². The summed E-state index contributed by atoms with van der Waals surface area (Å²) in [5, 5.41) is 2.75. The van der Waals surface area contributed by atoms with E-state index in [-0.39, 0.29) is 25.2 Å². The molecule has 1 atom stereocenters. The lowest BCUT2D eigenvalue weighted by molar-refractivity contribution is -0.161. The highest BCUT2D eigenvalue weighted by Gasteiger charge is 2.19. The monoisotopic (exact) mass is 763 g/mol. The maximum atomic E-state index is 12.7. The topological polar surface area (TPSA) is 94.2 Å². The molecule has 0 saturated carbocycles. The molecule has 54 heavy (non-hydrogen) atoms. The van der Waals surface area contributed by atoms with Crippen molar-refractivity contribution in [3.05, 3.63) is 24.3 Å². The van der Waals surface area contributed by atoms with Crippen molar-refractivity contribution in [3.8, 4) is 0 Å². The number of nitrogens with one attached hydrogen (secondary N) is 1. The van der Waals surface area contributed by atoms with E-state index in [2.05, 4.69) is 62.2 Å². The Morgan fingerprint density at radius 2 is 0.889 bits per heavy atom. The van der Waals surface area contributed by atoms with Gasteiger partial charge in [0.15, 0.2) is 6.10 Å². The lowest BCUT2D eigenvalue weighted by atomic mass is 10.1. The molecule has 1 N–H and O–H groups in total.